The van der Waals surface area contributed by atoms with Crippen LogP contribution in [0.5, 0.6) is 5.75 Å². The van der Waals surface area contributed by atoms with E-state index in [1.165, 1.54) is 4.90 Å². The van der Waals surface area contributed by atoms with Crippen LogP contribution in [0.3, 0.4) is 0 Å². The highest BCUT2D eigenvalue weighted by atomic mass is 16.5. The third-order valence-corrected chi connectivity index (χ3v) is 8.35. The molecule has 6 rings (SSSR count). The van der Waals surface area contributed by atoms with Crippen LogP contribution in [0.1, 0.15) is 62.3 Å². The van der Waals surface area contributed by atoms with Crippen molar-refractivity contribution in [3.8, 4) is 22.7 Å². The van der Waals surface area contributed by atoms with Crippen LogP contribution in [0, 0.1) is 6.92 Å². The van der Waals surface area contributed by atoms with Crippen molar-refractivity contribution in [3.63, 3.8) is 0 Å². The van der Waals surface area contributed by atoms with Gasteiger partial charge in [-0.2, -0.15) is 4.98 Å². The largest absolute Gasteiger partial charge is 0.496 e. The Bertz CT molecular complexity index is 1750. The van der Waals surface area contributed by atoms with Crippen molar-refractivity contribution in [2.75, 3.05) is 31.6 Å². The first-order valence-electron chi connectivity index (χ1n) is 14.5. The molecule has 42 heavy (non-hydrogen) atoms. The van der Waals surface area contributed by atoms with Crippen LogP contribution in [0.2, 0.25) is 0 Å². The van der Waals surface area contributed by atoms with Gasteiger partial charge in [0.2, 0.25) is 0 Å². The number of rotatable bonds is 6. The van der Waals surface area contributed by atoms with Crippen LogP contribution in [-0.4, -0.2) is 68.4 Å². The molecule has 10 nitrogen and oxygen atoms in total. The minimum absolute atomic E-state index is 0.0602. The fourth-order valence-corrected chi connectivity index (χ4v) is 6.06. The molecule has 1 N–H and O–H groups in total. The van der Waals surface area contributed by atoms with Crippen LogP contribution in [0.15, 0.2) is 47.4 Å². The monoisotopic (exact) mass is 568 g/mol. The Balaban J connectivity index is 1.69. The molecule has 1 saturated carbocycles. The molecule has 1 aliphatic carbocycles. The van der Waals surface area contributed by atoms with Gasteiger partial charge in [-0.3, -0.25) is 4.98 Å². The van der Waals surface area contributed by atoms with Crippen LogP contribution >= 0.6 is 0 Å². The third kappa shape index (κ3) is 4.74. The number of carboxylic acid groups (broad SMARTS) is 1. The van der Waals surface area contributed by atoms with Crippen LogP contribution in [-0.2, 0) is 0 Å². The maximum absolute atomic E-state index is 14.1. The maximum Gasteiger partial charge on any atom is 0.407 e. The van der Waals surface area contributed by atoms with Gasteiger partial charge >= 0.3 is 11.8 Å². The molecule has 0 radical (unpaired) electrons. The number of pyridine rings is 2. The van der Waals surface area contributed by atoms with Gasteiger partial charge in [0.05, 0.1) is 29.6 Å². The standard InChI is InChI=1S/C32H36N6O4/c1-18(2)26-28(19(3)12-13-33-26)38-30-24(29(35-31(38)39)37-15-14-36(32(40)41)17-20(37)4)16-23(21-10-11-21)27(34-30)22-8-6-7-9-25(22)42-5/h6-9,12-13,16,18,20-21H,10-11,14-15,17H2,1-5H3,(H,40,41). The lowest BCUT2D eigenvalue weighted by atomic mass is 9.99. The molecule has 4 heterocycles. The number of fused-ring (bicyclic) bond motifs is 1. The summed E-state index contributed by atoms with van der Waals surface area (Å²) in [7, 11) is 1.65. The molecule has 2 fully saturated rings. The zero-order valence-electron chi connectivity index (χ0n) is 24.7. The third-order valence-electron chi connectivity index (χ3n) is 8.35. The van der Waals surface area contributed by atoms with Gasteiger partial charge in [0.25, 0.3) is 0 Å². The number of carbonyl (C=O) groups is 1. The van der Waals surface area contributed by atoms with Crippen molar-refractivity contribution < 1.29 is 14.6 Å². The predicted molar refractivity (Wildman–Crippen MR) is 162 cm³/mol. The number of hydrogen-bond donors (Lipinski definition) is 1. The summed E-state index contributed by atoms with van der Waals surface area (Å²) >= 11 is 0. The van der Waals surface area contributed by atoms with Crippen molar-refractivity contribution in [3.05, 3.63) is 69.9 Å². The Kier molecular flexibility index (Phi) is 7.08. The summed E-state index contributed by atoms with van der Waals surface area (Å²) < 4.78 is 7.36. The molecule has 1 amide bonds. The molecular formula is C32H36N6O4. The summed E-state index contributed by atoms with van der Waals surface area (Å²) in [4.78, 5) is 44.0. The first-order valence-corrected chi connectivity index (χ1v) is 14.5. The smallest absolute Gasteiger partial charge is 0.407 e. The van der Waals surface area contributed by atoms with Crippen molar-refractivity contribution >= 4 is 22.9 Å². The molecule has 10 heteroatoms. The summed E-state index contributed by atoms with van der Waals surface area (Å²) in [6.45, 7) is 9.13. The minimum Gasteiger partial charge on any atom is -0.496 e. The number of aromatic nitrogens is 4. The van der Waals surface area contributed by atoms with Crippen LogP contribution < -0.4 is 15.3 Å². The van der Waals surface area contributed by atoms with E-state index in [0.717, 1.165) is 46.3 Å². The lowest BCUT2D eigenvalue weighted by Gasteiger charge is -2.39. The molecule has 1 saturated heterocycles. The van der Waals surface area contributed by atoms with E-state index in [0.29, 0.717) is 48.5 Å². The Morgan fingerprint density at radius 1 is 1.12 bits per heavy atom. The molecule has 1 aromatic carbocycles. The average molecular weight is 569 g/mol. The number of ether oxygens (including phenoxy) is 1. The SMILES string of the molecule is COc1ccccc1-c1nc2c(cc1C1CC1)c(N1CCN(C(=O)O)CC1C)nc(=O)n2-c1c(C)ccnc1C(C)C. The number of hydrogen-bond acceptors (Lipinski definition) is 7. The van der Waals surface area contributed by atoms with Crippen molar-refractivity contribution in [2.24, 2.45) is 0 Å². The number of amides is 1. The van der Waals surface area contributed by atoms with Crippen molar-refractivity contribution in [2.45, 2.75) is 58.4 Å². The maximum atomic E-state index is 14.1. The summed E-state index contributed by atoms with van der Waals surface area (Å²) in [5.74, 6) is 1.67. The molecule has 1 atom stereocenters. The summed E-state index contributed by atoms with van der Waals surface area (Å²) in [6.07, 6.45) is 2.95. The summed E-state index contributed by atoms with van der Waals surface area (Å²) in [6, 6.07) is 11.7. The highest BCUT2D eigenvalue weighted by molar-refractivity contribution is 5.92. The fraction of sp³-hybridized carbons (Fsp3) is 0.406. The first-order chi connectivity index (χ1) is 20.2. The van der Waals surface area contributed by atoms with Gasteiger partial charge in [0, 0.05) is 37.4 Å². The molecule has 1 aliphatic heterocycles. The first kappa shape index (κ1) is 27.7. The Morgan fingerprint density at radius 2 is 1.88 bits per heavy atom. The van der Waals surface area contributed by atoms with Crippen molar-refractivity contribution in [1.29, 1.82) is 0 Å². The number of nitrogens with zero attached hydrogens (tertiary/aromatic N) is 6. The molecule has 0 spiro atoms. The van der Waals surface area contributed by atoms with Gasteiger partial charge in [-0.05, 0) is 73.9 Å². The van der Waals surface area contributed by atoms with E-state index in [4.69, 9.17) is 14.7 Å². The summed E-state index contributed by atoms with van der Waals surface area (Å²) in [5.41, 5.74) is 5.22. The molecule has 1 unspecified atom stereocenters. The van der Waals surface area contributed by atoms with E-state index in [1.54, 1.807) is 17.9 Å². The normalized spacial score (nSPS) is 17.2. The molecule has 2 aliphatic rings. The second-order valence-corrected chi connectivity index (χ2v) is 11.6. The van der Waals surface area contributed by atoms with E-state index >= 15 is 0 Å². The zero-order chi connectivity index (χ0) is 29.7. The van der Waals surface area contributed by atoms with E-state index in [2.05, 4.69) is 24.9 Å². The van der Waals surface area contributed by atoms with Gasteiger partial charge in [0.1, 0.15) is 11.6 Å². The minimum atomic E-state index is -0.942. The number of aryl methyl sites for hydroxylation is 1. The zero-order valence-corrected chi connectivity index (χ0v) is 24.7. The number of para-hydroxylation sites is 1. The van der Waals surface area contributed by atoms with Crippen molar-refractivity contribution in [1.82, 2.24) is 24.4 Å². The topological polar surface area (TPSA) is 114 Å². The fourth-order valence-electron chi connectivity index (χ4n) is 6.06. The number of anilines is 1. The van der Waals surface area contributed by atoms with E-state index in [1.807, 2.05) is 49.1 Å². The number of piperazine rings is 1. The highest BCUT2D eigenvalue weighted by Gasteiger charge is 2.33. The predicted octanol–water partition coefficient (Wildman–Crippen LogP) is 5.35. The molecular weight excluding hydrogens is 532 g/mol. The average Bonchev–Trinajstić information content (AvgIpc) is 3.82. The van der Waals surface area contributed by atoms with Gasteiger partial charge in [-0.1, -0.05) is 26.0 Å². The molecule has 4 aromatic rings. The van der Waals surface area contributed by atoms with Gasteiger partial charge < -0.3 is 19.6 Å². The molecule has 3 aromatic heterocycles. The van der Waals surface area contributed by atoms with E-state index in [-0.39, 0.29) is 12.0 Å². The Morgan fingerprint density at radius 3 is 2.55 bits per heavy atom. The lowest BCUT2D eigenvalue weighted by Crippen LogP contribution is -2.54. The van der Waals surface area contributed by atoms with Gasteiger partial charge in [0.15, 0.2) is 5.65 Å². The lowest BCUT2D eigenvalue weighted by molar-refractivity contribution is 0.136. The second kappa shape index (κ2) is 10.7. The van der Waals surface area contributed by atoms with E-state index in [9.17, 15) is 14.7 Å². The second-order valence-electron chi connectivity index (χ2n) is 11.6. The highest BCUT2D eigenvalue weighted by Crippen LogP contribution is 2.47. The number of methoxy groups -OCH3 is 1. The summed E-state index contributed by atoms with van der Waals surface area (Å²) in [5, 5.41) is 10.4. The number of benzene rings is 1. The quantitative estimate of drug-likeness (QED) is 0.331. The Labute approximate surface area is 244 Å². The Hall–Kier alpha value is -4.47. The van der Waals surface area contributed by atoms with Crippen LogP contribution in [0.4, 0.5) is 10.6 Å². The van der Waals surface area contributed by atoms with Crippen LogP contribution in [0.25, 0.3) is 28.0 Å². The van der Waals surface area contributed by atoms with Gasteiger partial charge in [-0.25, -0.2) is 19.1 Å². The van der Waals surface area contributed by atoms with E-state index < -0.39 is 11.8 Å². The molecule has 0 bridgehead atoms. The van der Waals surface area contributed by atoms with Gasteiger partial charge in [-0.15, -0.1) is 0 Å². The molecule has 218 valence electrons.